The van der Waals surface area contributed by atoms with Gasteiger partial charge in [0.25, 0.3) is 0 Å². The topological polar surface area (TPSA) is 13.1 Å². The molecule has 0 spiro atoms. The summed E-state index contributed by atoms with van der Waals surface area (Å²) in [7, 11) is 0. The lowest BCUT2D eigenvalue weighted by Crippen LogP contribution is -1.91. The normalized spacial score (nSPS) is 11.7. The van der Waals surface area contributed by atoms with Crippen molar-refractivity contribution in [3.8, 4) is 33.4 Å². The molecule has 0 N–H and O–H groups in total. The van der Waals surface area contributed by atoms with Gasteiger partial charge >= 0.3 is 0 Å². The average Bonchev–Trinajstić information content (AvgIpc) is 3.47. The Kier molecular flexibility index (Phi) is 5.27. The second-order valence-corrected chi connectivity index (χ2v) is 11.2. The van der Waals surface area contributed by atoms with Crippen molar-refractivity contribution in [1.29, 1.82) is 0 Å². The highest BCUT2D eigenvalue weighted by Gasteiger charge is 2.20. The Morgan fingerprint density at radius 2 is 0.884 bits per heavy atom. The first-order valence-electron chi connectivity index (χ1n) is 14.8. The molecule has 1 heterocycles. The van der Waals surface area contributed by atoms with Gasteiger partial charge in [-0.15, -0.1) is 0 Å². The number of fused-ring (bicyclic) bond motifs is 7. The van der Waals surface area contributed by atoms with Crippen molar-refractivity contribution < 1.29 is 4.42 Å². The molecule has 8 aromatic carbocycles. The van der Waals surface area contributed by atoms with E-state index in [4.69, 9.17) is 4.42 Å². The maximum absolute atomic E-state index is 6.77. The van der Waals surface area contributed by atoms with Crippen LogP contribution in [0.5, 0.6) is 0 Å². The van der Waals surface area contributed by atoms with E-state index >= 15 is 0 Å². The van der Waals surface area contributed by atoms with Gasteiger partial charge in [0.05, 0.1) is 0 Å². The molecule has 0 radical (unpaired) electrons. The van der Waals surface area contributed by atoms with Gasteiger partial charge in [-0.3, -0.25) is 0 Å². The zero-order valence-electron chi connectivity index (χ0n) is 23.4. The molecule has 0 saturated heterocycles. The van der Waals surface area contributed by atoms with Crippen LogP contribution in [0.2, 0.25) is 0 Å². The highest BCUT2D eigenvalue weighted by atomic mass is 16.3. The molecule has 0 aliphatic heterocycles. The van der Waals surface area contributed by atoms with Crippen molar-refractivity contribution >= 4 is 54.3 Å². The molecule has 43 heavy (non-hydrogen) atoms. The van der Waals surface area contributed by atoms with Crippen LogP contribution >= 0.6 is 0 Å². The van der Waals surface area contributed by atoms with Crippen LogP contribution in [0.4, 0.5) is 0 Å². The molecule has 1 nitrogen and oxygen atoms in total. The summed E-state index contributed by atoms with van der Waals surface area (Å²) >= 11 is 0. The van der Waals surface area contributed by atoms with Crippen LogP contribution in [0.1, 0.15) is 0 Å². The first-order chi connectivity index (χ1) is 21.3. The smallest absolute Gasteiger partial charge is 0.143 e. The van der Waals surface area contributed by atoms with Gasteiger partial charge in [-0.25, -0.2) is 0 Å². The summed E-state index contributed by atoms with van der Waals surface area (Å²) in [4.78, 5) is 0. The van der Waals surface area contributed by atoms with E-state index in [1.807, 2.05) is 0 Å². The van der Waals surface area contributed by atoms with Gasteiger partial charge in [-0.05, 0) is 66.7 Å². The zero-order chi connectivity index (χ0) is 28.3. The van der Waals surface area contributed by atoms with Gasteiger partial charge < -0.3 is 4.42 Å². The first-order valence-corrected chi connectivity index (χ1v) is 14.8. The molecule has 1 aromatic heterocycles. The predicted octanol–water partition coefficient (Wildman–Crippen LogP) is 12.0. The lowest BCUT2D eigenvalue weighted by molar-refractivity contribution is 0.670. The van der Waals surface area contributed by atoms with Crippen molar-refractivity contribution in [2.24, 2.45) is 0 Å². The third-order valence-corrected chi connectivity index (χ3v) is 8.87. The summed E-state index contributed by atoms with van der Waals surface area (Å²) < 4.78 is 6.77. The standard InChI is InChI=1S/C42H26O/c1-3-12-27(13-4-1)30-18-9-20-33-37(30)26-38-31(28-14-5-2-6-15-28)19-10-21-34(38)40(33)35-22-11-23-36-41-32-17-8-7-16-29(32)24-25-39(41)43-42(35)36/h1-26H. The molecular formula is C42H26O. The maximum Gasteiger partial charge on any atom is 0.143 e. The van der Waals surface area contributed by atoms with Gasteiger partial charge in [0, 0.05) is 21.9 Å². The fourth-order valence-electron chi connectivity index (χ4n) is 6.96. The Bertz CT molecular complexity index is 2390. The molecule has 0 aliphatic carbocycles. The minimum absolute atomic E-state index is 0.917. The molecule has 0 fully saturated rings. The van der Waals surface area contributed by atoms with E-state index in [0.29, 0.717) is 0 Å². The van der Waals surface area contributed by atoms with E-state index in [1.165, 1.54) is 65.5 Å². The minimum atomic E-state index is 0.917. The summed E-state index contributed by atoms with van der Waals surface area (Å²) in [6.45, 7) is 0. The van der Waals surface area contributed by atoms with E-state index in [0.717, 1.165) is 22.1 Å². The zero-order valence-corrected chi connectivity index (χ0v) is 23.4. The monoisotopic (exact) mass is 546 g/mol. The van der Waals surface area contributed by atoms with Crippen LogP contribution in [0.25, 0.3) is 87.6 Å². The van der Waals surface area contributed by atoms with Crippen LogP contribution in [0.15, 0.2) is 162 Å². The molecular weight excluding hydrogens is 520 g/mol. The van der Waals surface area contributed by atoms with E-state index in [-0.39, 0.29) is 0 Å². The quantitative estimate of drug-likeness (QED) is 0.201. The predicted molar refractivity (Wildman–Crippen MR) is 183 cm³/mol. The van der Waals surface area contributed by atoms with E-state index in [2.05, 4.69) is 158 Å². The van der Waals surface area contributed by atoms with Crippen LogP contribution in [-0.2, 0) is 0 Å². The third kappa shape index (κ3) is 3.65. The Morgan fingerprint density at radius 1 is 0.349 bits per heavy atom. The molecule has 9 aromatic rings. The number of hydrogen-bond acceptors (Lipinski definition) is 1. The number of benzene rings is 8. The number of hydrogen-bond donors (Lipinski definition) is 0. The lowest BCUT2D eigenvalue weighted by atomic mass is 9.86. The van der Waals surface area contributed by atoms with Crippen molar-refractivity contribution in [3.05, 3.63) is 158 Å². The molecule has 200 valence electrons. The summed E-state index contributed by atoms with van der Waals surface area (Å²) in [5, 5.41) is 9.67. The van der Waals surface area contributed by atoms with Crippen molar-refractivity contribution in [2.45, 2.75) is 0 Å². The number of para-hydroxylation sites is 1. The SMILES string of the molecule is c1ccc(-c2cccc3c(-c4cccc5c4oc4ccc6ccccc6c45)c4cccc(-c5ccccc5)c4cc23)cc1. The fraction of sp³-hybridized carbons (Fsp3) is 0. The van der Waals surface area contributed by atoms with Gasteiger partial charge in [0.15, 0.2) is 0 Å². The van der Waals surface area contributed by atoms with E-state index in [9.17, 15) is 0 Å². The molecule has 0 unspecified atom stereocenters. The Hall–Kier alpha value is -5.66. The largest absolute Gasteiger partial charge is 0.455 e. The summed E-state index contributed by atoms with van der Waals surface area (Å²) in [6.07, 6.45) is 0. The van der Waals surface area contributed by atoms with Gasteiger partial charge in [0.1, 0.15) is 11.2 Å². The fourth-order valence-corrected chi connectivity index (χ4v) is 6.96. The molecule has 0 bridgehead atoms. The number of furan rings is 1. The highest BCUT2D eigenvalue weighted by Crippen LogP contribution is 2.46. The summed E-state index contributed by atoms with van der Waals surface area (Å²) in [6, 6.07) is 56.7. The average molecular weight is 547 g/mol. The van der Waals surface area contributed by atoms with Crippen molar-refractivity contribution in [2.75, 3.05) is 0 Å². The molecule has 0 amide bonds. The van der Waals surface area contributed by atoms with Gasteiger partial charge in [0.2, 0.25) is 0 Å². The van der Waals surface area contributed by atoms with E-state index in [1.54, 1.807) is 0 Å². The maximum atomic E-state index is 6.77. The van der Waals surface area contributed by atoms with Gasteiger partial charge in [-0.1, -0.05) is 146 Å². The van der Waals surface area contributed by atoms with Crippen LogP contribution in [0.3, 0.4) is 0 Å². The Morgan fingerprint density at radius 3 is 1.53 bits per heavy atom. The lowest BCUT2D eigenvalue weighted by Gasteiger charge is -2.17. The molecule has 0 saturated carbocycles. The van der Waals surface area contributed by atoms with Crippen molar-refractivity contribution in [3.63, 3.8) is 0 Å². The number of rotatable bonds is 3. The molecule has 9 rings (SSSR count). The summed E-state index contributed by atoms with van der Waals surface area (Å²) in [5.41, 5.74) is 9.05. The van der Waals surface area contributed by atoms with Crippen LogP contribution in [0, 0.1) is 0 Å². The molecule has 0 aliphatic rings. The van der Waals surface area contributed by atoms with Crippen molar-refractivity contribution in [1.82, 2.24) is 0 Å². The second-order valence-electron chi connectivity index (χ2n) is 11.2. The highest BCUT2D eigenvalue weighted by molar-refractivity contribution is 6.25. The van der Waals surface area contributed by atoms with Crippen LogP contribution in [-0.4, -0.2) is 0 Å². The molecule has 0 atom stereocenters. The minimum Gasteiger partial charge on any atom is -0.455 e. The van der Waals surface area contributed by atoms with E-state index < -0.39 is 0 Å². The Balaban J connectivity index is 1.46. The summed E-state index contributed by atoms with van der Waals surface area (Å²) in [5.74, 6) is 0. The van der Waals surface area contributed by atoms with Crippen LogP contribution < -0.4 is 0 Å². The van der Waals surface area contributed by atoms with Gasteiger partial charge in [-0.2, -0.15) is 0 Å². The third-order valence-electron chi connectivity index (χ3n) is 8.87. The Labute approximate surface area is 249 Å². The second kappa shape index (κ2) is 9.44. The first kappa shape index (κ1) is 24.0. The molecule has 1 heteroatoms.